The minimum Gasteiger partial charge on any atom is -0.383 e. The fourth-order valence-electron chi connectivity index (χ4n) is 2.80. The molecule has 0 saturated carbocycles. The van der Waals surface area contributed by atoms with Crippen LogP contribution in [-0.2, 0) is 23.6 Å². The van der Waals surface area contributed by atoms with Gasteiger partial charge in [-0.1, -0.05) is 26.0 Å². The minimum atomic E-state index is -3.45. The topological polar surface area (TPSA) is 119 Å². The summed E-state index contributed by atoms with van der Waals surface area (Å²) in [5.41, 5.74) is 7.49. The number of sulfonamides is 1. The summed E-state index contributed by atoms with van der Waals surface area (Å²) in [4.78, 5) is 8.92. The SMILES string of the molecule is CCN(CC)S(=O)(=O)c1ccc(CNc2nc(N)c3cnn(C)c3n2)cc1. The lowest BCUT2D eigenvalue weighted by atomic mass is 10.2. The summed E-state index contributed by atoms with van der Waals surface area (Å²) in [6.07, 6.45) is 1.63. The van der Waals surface area contributed by atoms with Crippen LogP contribution in [0, 0.1) is 0 Å². The van der Waals surface area contributed by atoms with E-state index in [0.29, 0.717) is 42.4 Å². The number of nitrogen functional groups attached to an aromatic ring is 1. The van der Waals surface area contributed by atoms with E-state index >= 15 is 0 Å². The van der Waals surface area contributed by atoms with Gasteiger partial charge >= 0.3 is 0 Å². The van der Waals surface area contributed by atoms with Crippen molar-refractivity contribution >= 4 is 32.8 Å². The molecule has 0 atom stereocenters. The monoisotopic (exact) mass is 389 g/mol. The number of nitrogens with one attached hydrogen (secondary N) is 1. The van der Waals surface area contributed by atoms with E-state index in [1.54, 1.807) is 42.2 Å². The molecule has 3 N–H and O–H groups in total. The number of anilines is 2. The van der Waals surface area contributed by atoms with Crippen LogP contribution in [-0.4, -0.2) is 45.6 Å². The van der Waals surface area contributed by atoms with Crippen molar-refractivity contribution in [1.29, 1.82) is 0 Å². The Balaban J connectivity index is 1.75. The molecule has 2 heterocycles. The average molecular weight is 389 g/mol. The molecule has 27 heavy (non-hydrogen) atoms. The van der Waals surface area contributed by atoms with Gasteiger partial charge in [0, 0.05) is 26.7 Å². The van der Waals surface area contributed by atoms with Crippen molar-refractivity contribution in [3.8, 4) is 0 Å². The standard InChI is InChI=1S/C17H23N7O2S/c1-4-24(5-2)27(25,26)13-8-6-12(7-9-13)10-19-17-21-15(18)14-11-20-23(3)16(14)22-17/h6-9,11H,4-5,10H2,1-3H3,(H3,18,19,21,22). The molecule has 0 unspecified atom stereocenters. The molecule has 0 aliphatic carbocycles. The van der Waals surface area contributed by atoms with Crippen LogP contribution >= 0.6 is 0 Å². The Morgan fingerprint density at radius 1 is 1.15 bits per heavy atom. The summed E-state index contributed by atoms with van der Waals surface area (Å²) in [5.74, 6) is 0.750. The second-order valence-corrected chi connectivity index (χ2v) is 7.96. The van der Waals surface area contributed by atoms with E-state index < -0.39 is 10.0 Å². The Hall–Kier alpha value is -2.72. The first-order chi connectivity index (χ1) is 12.9. The molecule has 0 saturated heterocycles. The molecule has 3 rings (SSSR count). The van der Waals surface area contributed by atoms with E-state index in [1.807, 2.05) is 13.8 Å². The number of rotatable bonds is 7. The number of nitrogens with zero attached hydrogens (tertiary/aromatic N) is 5. The Kier molecular flexibility index (Phi) is 5.29. The van der Waals surface area contributed by atoms with Crippen LogP contribution in [0.3, 0.4) is 0 Å². The smallest absolute Gasteiger partial charge is 0.243 e. The van der Waals surface area contributed by atoms with Crippen LogP contribution in [0.1, 0.15) is 19.4 Å². The summed E-state index contributed by atoms with van der Waals surface area (Å²) >= 11 is 0. The van der Waals surface area contributed by atoms with Crippen LogP contribution in [0.15, 0.2) is 35.4 Å². The van der Waals surface area contributed by atoms with Gasteiger partial charge in [-0.3, -0.25) is 4.68 Å². The Morgan fingerprint density at radius 2 is 1.81 bits per heavy atom. The van der Waals surface area contributed by atoms with Crippen LogP contribution < -0.4 is 11.1 Å². The number of hydrogen-bond donors (Lipinski definition) is 2. The molecule has 10 heteroatoms. The largest absolute Gasteiger partial charge is 0.383 e. The molecular formula is C17H23N7O2S. The lowest BCUT2D eigenvalue weighted by Gasteiger charge is -2.18. The van der Waals surface area contributed by atoms with Gasteiger partial charge in [0.05, 0.1) is 16.5 Å². The third-order valence-electron chi connectivity index (χ3n) is 4.34. The molecule has 0 amide bonds. The maximum atomic E-state index is 12.5. The van der Waals surface area contributed by atoms with E-state index in [0.717, 1.165) is 5.56 Å². The molecular weight excluding hydrogens is 366 g/mol. The lowest BCUT2D eigenvalue weighted by molar-refractivity contribution is 0.445. The number of benzene rings is 1. The number of hydrogen-bond acceptors (Lipinski definition) is 7. The van der Waals surface area contributed by atoms with Crippen molar-refractivity contribution in [2.24, 2.45) is 7.05 Å². The van der Waals surface area contributed by atoms with Crippen LogP contribution in [0.4, 0.5) is 11.8 Å². The third kappa shape index (κ3) is 3.71. The molecule has 3 aromatic rings. The predicted octanol–water partition coefficient (Wildman–Crippen LogP) is 1.59. The molecule has 1 aromatic carbocycles. The average Bonchev–Trinajstić information content (AvgIpc) is 3.03. The summed E-state index contributed by atoms with van der Waals surface area (Å²) < 4.78 is 28.1. The van der Waals surface area contributed by atoms with Crippen LogP contribution in [0.25, 0.3) is 11.0 Å². The maximum absolute atomic E-state index is 12.5. The zero-order valence-corrected chi connectivity index (χ0v) is 16.4. The Morgan fingerprint density at radius 3 is 2.44 bits per heavy atom. The van der Waals surface area contributed by atoms with E-state index in [4.69, 9.17) is 5.73 Å². The van der Waals surface area contributed by atoms with Crippen molar-refractivity contribution in [2.75, 3.05) is 24.1 Å². The van der Waals surface area contributed by atoms with Gasteiger partial charge in [-0.2, -0.15) is 19.4 Å². The highest BCUT2D eigenvalue weighted by atomic mass is 32.2. The first-order valence-corrected chi connectivity index (χ1v) is 10.1. The van der Waals surface area contributed by atoms with E-state index in [2.05, 4.69) is 20.4 Å². The van der Waals surface area contributed by atoms with Crippen LogP contribution in [0.5, 0.6) is 0 Å². The maximum Gasteiger partial charge on any atom is 0.243 e. The van der Waals surface area contributed by atoms with E-state index in [9.17, 15) is 8.42 Å². The van der Waals surface area contributed by atoms with Gasteiger partial charge in [0.25, 0.3) is 0 Å². The van der Waals surface area contributed by atoms with Crippen molar-refractivity contribution < 1.29 is 8.42 Å². The normalized spacial score (nSPS) is 12.0. The van der Waals surface area contributed by atoms with Gasteiger partial charge in [0.15, 0.2) is 5.65 Å². The number of fused-ring (bicyclic) bond motifs is 1. The van der Waals surface area contributed by atoms with Gasteiger partial charge in [-0.05, 0) is 17.7 Å². The van der Waals surface area contributed by atoms with Crippen LogP contribution in [0.2, 0.25) is 0 Å². The number of aromatic nitrogens is 4. The summed E-state index contributed by atoms with van der Waals surface area (Å²) in [5, 5.41) is 7.94. The molecule has 9 nitrogen and oxygen atoms in total. The Bertz CT molecular complexity index is 1040. The van der Waals surface area contributed by atoms with Crippen molar-refractivity contribution in [1.82, 2.24) is 24.1 Å². The predicted molar refractivity (Wildman–Crippen MR) is 105 cm³/mol. The van der Waals surface area contributed by atoms with Gasteiger partial charge in [0.1, 0.15) is 5.82 Å². The highest BCUT2D eigenvalue weighted by Crippen LogP contribution is 2.19. The van der Waals surface area contributed by atoms with E-state index in [-0.39, 0.29) is 4.90 Å². The second-order valence-electron chi connectivity index (χ2n) is 6.02. The quantitative estimate of drug-likeness (QED) is 0.630. The first kappa shape index (κ1) is 19.1. The van der Waals surface area contributed by atoms with Crippen molar-refractivity contribution in [3.05, 3.63) is 36.0 Å². The fourth-order valence-corrected chi connectivity index (χ4v) is 4.25. The van der Waals surface area contributed by atoms with Crippen molar-refractivity contribution in [2.45, 2.75) is 25.3 Å². The molecule has 0 bridgehead atoms. The number of aryl methyl sites for hydroxylation is 1. The minimum absolute atomic E-state index is 0.284. The molecule has 0 aliphatic heterocycles. The molecule has 0 radical (unpaired) electrons. The van der Waals surface area contributed by atoms with Gasteiger partial charge in [0.2, 0.25) is 16.0 Å². The summed E-state index contributed by atoms with van der Waals surface area (Å²) in [6.45, 7) is 4.97. The fraction of sp³-hybridized carbons (Fsp3) is 0.353. The molecule has 0 fully saturated rings. The summed E-state index contributed by atoms with van der Waals surface area (Å²) in [7, 11) is -1.67. The van der Waals surface area contributed by atoms with Gasteiger partial charge in [-0.15, -0.1) is 0 Å². The molecule has 0 spiro atoms. The number of nitrogens with two attached hydrogens (primary N) is 1. The highest BCUT2D eigenvalue weighted by Gasteiger charge is 2.21. The zero-order valence-electron chi connectivity index (χ0n) is 15.5. The second kappa shape index (κ2) is 7.49. The Labute approximate surface area is 158 Å². The summed E-state index contributed by atoms with van der Waals surface area (Å²) in [6, 6.07) is 6.78. The van der Waals surface area contributed by atoms with Gasteiger partial charge < -0.3 is 11.1 Å². The van der Waals surface area contributed by atoms with Gasteiger partial charge in [-0.25, -0.2) is 8.42 Å². The first-order valence-electron chi connectivity index (χ1n) is 8.65. The molecule has 2 aromatic heterocycles. The molecule has 0 aliphatic rings. The molecule has 144 valence electrons. The third-order valence-corrected chi connectivity index (χ3v) is 6.40. The lowest BCUT2D eigenvalue weighted by Crippen LogP contribution is -2.30. The van der Waals surface area contributed by atoms with E-state index in [1.165, 1.54) is 4.31 Å². The highest BCUT2D eigenvalue weighted by molar-refractivity contribution is 7.89. The van der Waals surface area contributed by atoms with Crippen molar-refractivity contribution in [3.63, 3.8) is 0 Å². The zero-order chi connectivity index (χ0) is 19.6.